The molecule has 1 N–H and O–H groups in total. The maximum atomic E-state index is 11.9. The van der Waals surface area contributed by atoms with Crippen molar-refractivity contribution >= 4 is 11.8 Å². The number of allylic oxidation sites excluding steroid dienone is 1. The van der Waals surface area contributed by atoms with Gasteiger partial charge in [0.2, 0.25) is 0 Å². The molecule has 0 bridgehead atoms. The number of rotatable bonds is 13. The zero-order chi connectivity index (χ0) is 18.5. The molecule has 0 heterocycles. The first-order valence-corrected chi connectivity index (χ1v) is 10.0. The van der Waals surface area contributed by atoms with Crippen LogP contribution in [0, 0.1) is 11.8 Å². The molecule has 4 heteroatoms. The summed E-state index contributed by atoms with van der Waals surface area (Å²) in [6.45, 7) is 2.13. The zero-order valence-electron chi connectivity index (χ0n) is 16.0. The van der Waals surface area contributed by atoms with Crippen LogP contribution in [0.2, 0.25) is 0 Å². The Morgan fingerprint density at radius 2 is 1.76 bits per heavy atom. The van der Waals surface area contributed by atoms with Crippen LogP contribution in [0.5, 0.6) is 0 Å². The third-order valence-corrected chi connectivity index (χ3v) is 5.29. The van der Waals surface area contributed by atoms with E-state index in [2.05, 4.69) is 11.7 Å². The second-order valence-electron chi connectivity index (χ2n) is 7.29. The maximum absolute atomic E-state index is 11.9. The van der Waals surface area contributed by atoms with Crippen molar-refractivity contribution in [1.82, 2.24) is 0 Å². The van der Waals surface area contributed by atoms with Crippen molar-refractivity contribution in [3.63, 3.8) is 0 Å². The minimum absolute atomic E-state index is 0.130. The fourth-order valence-electron chi connectivity index (χ4n) is 3.69. The average molecular weight is 353 g/mol. The fourth-order valence-corrected chi connectivity index (χ4v) is 3.69. The molecule has 3 atom stereocenters. The molecular weight excluding hydrogens is 316 g/mol. The van der Waals surface area contributed by atoms with Gasteiger partial charge >= 0.3 is 5.97 Å². The second-order valence-corrected chi connectivity index (χ2v) is 7.29. The highest BCUT2D eigenvalue weighted by Gasteiger charge is 2.32. The number of esters is 1. The lowest BCUT2D eigenvalue weighted by Crippen LogP contribution is -2.17. The molecule has 1 saturated carbocycles. The Kier molecular flexibility index (Phi) is 11.5. The number of ketones is 1. The Labute approximate surface area is 153 Å². The van der Waals surface area contributed by atoms with Gasteiger partial charge in [0.1, 0.15) is 0 Å². The summed E-state index contributed by atoms with van der Waals surface area (Å²) in [4.78, 5) is 23.0. The minimum Gasteiger partial charge on any atom is -0.469 e. The average Bonchev–Trinajstić information content (AvgIpc) is 2.96. The second kappa shape index (κ2) is 13.1. The molecule has 1 unspecified atom stereocenters. The molecule has 0 radical (unpaired) electrons. The van der Waals surface area contributed by atoms with Crippen LogP contribution in [0.4, 0.5) is 0 Å². The molecule has 0 amide bonds. The van der Waals surface area contributed by atoms with Gasteiger partial charge in [-0.15, -0.1) is 0 Å². The van der Waals surface area contributed by atoms with Gasteiger partial charge in [-0.2, -0.15) is 0 Å². The Morgan fingerprint density at radius 3 is 2.48 bits per heavy atom. The highest BCUT2D eigenvalue weighted by atomic mass is 16.5. The summed E-state index contributed by atoms with van der Waals surface area (Å²) in [6.07, 6.45) is 14.8. The Hall–Kier alpha value is -1.16. The number of hydrogen-bond donors (Lipinski definition) is 1. The lowest BCUT2D eigenvalue weighted by Gasteiger charge is -2.18. The summed E-state index contributed by atoms with van der Waals surface area (Å²) >= 11 is 0. The van der Waals surface area contributed by atoms with E-state index in [-0.39, 0.29) is 23.8 Å². The minimum atomic E-state index is -0.302. The van der Waals surface area contributed by atoms with Crippen LogP contribution in [0.15, 0.2) is 12.2 Å². The van der Waals surface area contributed by atoms with E-state index >= 15 is 0 Å². The van der Waals surface area contributed by atoms with Crippen LogP contribution in [0.25, 0.3) is 0 Å². The summed E-state index contributed by atoms with van der Waals surface area (Å²) in [5.41, 5.74) is 0. The highest BCUT2D eigenvalue weighted by Crippen LogP contribution is 2.36. The Bertz CT molecular complexity index is 416. The fraction of sp³-hybridized carbons (Fsp3) is 0.810. The van der Waals surface area contributed by atoms with Crippen LogP contribution in [-0.2, 0) is 14.3 Å². The van der Waals surface area contributed by atoms with Crippen LogP contribution in [0.3, 0.4) is 0 Å². The van der Waals surface area contributed by atoms with Crippen molar-refractivity contribution in [1.29, 1.82) is 0 Å². The van der Waals surface area contributed by atoms with E-state index in [0.717, 1.165) is 64.2 Å². The molecule has 0 spiro atoms. The molecule has 0 aromatic rings. The highest BCUT2D eigenvalue weighted by molar-refractivity contribution is 5.89. The van der Waals surface area contributed by atoms with Crippen molar-refractivity contribution in [3.05, 3.63) is 12.2 Å². The van der Waals surface area contributed by atoms with Gasteiger partial charge in [-0.05, 0) is 44.1 Å². The number of unbranched alkanes of at least 4 members (excludes halogenated alkanes) is 5. The van der Waals surface area contributed by atoms with Gasteiger partial charge in [-0.25, -0.2) is 0 Å². The molecule has 25 heavy (non-hydrogen) atoms. The quantitative estimate of drug-likeness (QED) is 0.299. The van der Waals surface area contributed by atoms with Crippen molar-refractivity contribution in [3.8, 4) is 0 Å². The summed E-state index contributed by atoms with van der Waals surface area (Å²) < 4.78 is 4.64. The van der Waals surface area contributed by atoms with Gasteiger partial charge in [-0.1, -0.05) is 45.1 Å². The molecule has 1 fully saturated rings. The maximum Gasteiger partial charge on any atom is 0.305 e. The molecule has 1 aliphatic rings. The Balaban J connectivity index is 2.26. The molecule has 0 aromatic heterocycles. The molecule has 1 aliphatic carbocycles. The zero-order valence-corrected chi connectivity index (χ0v) is 16.0. The first kappa shape index (κ1) is 21.9. The van der Waals surface area contributed by atoms with Crippen molar-refractivity contribution in [2.24, 2.45) is 11.8 Å². The van der Waals surface area contributed by atoms with Crippen LogP contribution in [-0.4, -0.2) is 30.1 Å². The van der Waals surface area contributed by atoms with Crippen LogP contribution in [0.1, 0.15) is 84.0 Å². The third-order valence-electron chi connectivity index (χ3n) is 5.29. The lowest BCUT2D eigenvalue weighted by atomic mass is 9.89. The third kappa shape index (κ3) is 9.20. The molecule has 4 nitrogen and oxygen atoms in total. The summed E-state index contributed by atoms with van der Waals surface area (Å²) in [7, 11) is 1.43. The predicted molar refractivity (Wildman–Crippen MR) is 100 cm³/mol. The first-order valence-electron chi connectivity index (χ1n) is 10.0. The summed E-state index contributed by atoms with van der Waals surface area (Å²) in [6, 6.07) is 0. The standard InChI is InChI=1S/C21H36O4/c1-3-4-7-11-18(22)14-15-19-17(13-16-20(19)23)10-8-5-6-9-12-21(24)25-2/h14-15,17,19-20,23H,3-13,16H2,1-2H3/t17-,19+,20?/m0/s1. The van der Waals surface area contributed by atoms with Gasteiger partial charge in [0.05, 0.1) is 13.2 Å². The lowest BCUT2D eigenvalue weighted by molar-refractivity contribution is -0.140. The largest absolute Gasteiger partial charge is 0.469 e. The SMILES string of the molecule is CCCCCC(=O)C=C[C@H]1C(O)CC[C@@H]1CCCCCCC(=O)OC. The number of hydrogen-bond acceptors (Lipinski definition) is 4. The number of ether oxygens (including phenoxy) is 1. The topological polar surface area (TPSA) is 63.6 Å². The molecule has 0 aliphatic heterocycles. The van der Waals surface area contributed by atoms with E-state index in [4.69, 9.17) is 0 Å². The van der Waals surface area contributed by atoms with E-state index in [9.17, 15) is 14.7 Å². The number of carbonyl (C=O) groups is 2. The van der Waals surface area contributed by atoms with Gasteiger partial charge in [-0.3, -0.25) is 9.59 Å². The van der Waals surface area contributed by atoms with E-state index < -0.39 is 0 Å². The van der Waals surface area contributed by atoms with E-state index in [1.165, 1.54) is 7.11 Å². The number of aliphatic hydroxyl groups excluding tert-OH is 1. The van der Waals surface area contributed by atoms with Gasteiger partial charge in [0.15, 0.2) is 5.78 Å². The number of carbonyl (C=O) groups excluding carboxylic acids is 2. The van der Waals surface area contributed by atoms with Crippen molar-refractivity contribution in [2.45, 2.75) is 90.1 Å². The molecule has 144 valence electrons. The van der Waals surface area contributed by atoms with Crippen LogP contribution >= 0.6 is 0 Å². The van der Waals surface area contributed by atoms with Gasteiger partial charge < -0.3 is 9.84 Å². The normalized spacial score (nSPS) is 23.2. The smallest absolute Gasteiger partial charge is 0.305 e. The summed E-state index contributed by atoms with van der Waals surface area (Å²) in [5, 5.41) is 10.2. The van der Waals surface area contributed by atoms with Gasteiger partial charge in [0.25, 0.3) is 0 Å². The monoisotopic (exact) mass is 352 g/mol. The van der Waals surface area contributed by atoms with E-state index in [1.807, 2.05) is 6.08 Å². The molecule has 0 aromatic carbocycles. The van der Waals surface area contributed by atoms with E-state index in [0.29, 0.717) is 18.8 Å². The van der Waals surface area contributed by atoms with Gasteiger partial charge in [0, 0.05) is 18.8 Å². The number of methoxy groups -OCH3 is 1. The Morgan fingerprint density at radius 1 is 1.04 bits per heavy atom. The van der Waals surface area contributed by atoms with Crippen LogP contribution < -0.4 is 0 Å². The summed E-state index contributed by atoms with van der Waals surface area (Å²) in [5.74, 6) is 0.669. The molecular formula is C21H36O4. The number of aliphatic hydroxyl groups is 1. The van der Waals surface area contributed by atoms with E-state index in [1.54, 1.807) is 6.08 Å². The first-order chi connectivity index (χ1) is 12.1. The molecule has 1 rings (SSSR count). The van der Waals surface area contributed by atoms with Crippen molar-refractivity contribution in [2.75, 3.05) is 7.11 Å². The van der Waals surface area contributed by atoms with Crippen molar-refractivity contribution < 1.29 is 19.4 Å². The predicted octanol–water partition coefficient (Wildman–Crippen LogP) is 4.59. The molecule has 0 saturated heterocycles.